The Balaban J connectivity index is 2.51. The predicted molar refractivity (Wildman–Crippen MR) is 55.1 cm³/mol. The van der Waals surface area contributed by atoms with E-state index in [0.717, 1.165) is 5.56 Å². The van der Waals surface area contributed by atoms with Crippen molar-refractivity contribution >= 4 is 5.69 Å². The summed E-state index contributed by atoms with van der Waals surface area (Å²) < 4.78 is 5.74. The van der Waals surface area contributed by atoms with E-state index < -0.39 is 6.10 Å². The molecule has 0 amide bonds. The summed E-state index contributed by atoms with van der Waals surface area (Å²) in [7, 11) is 0. The average molecular weight is 193 g/mol. The molecule has 76 valence electrons. The van der Waals surface area contributed by atoms with E-state index in [0.29, 0.717) is 17.9 Å². The van der Waals surface area contributed by atoms with Crippen molar-refractivity contribution in [1.82, 2.24) is 0 Å². The van der Waals surface area contributed by atoms with Gasteiger partial charge in [-0.1, -0.05) is 12.1 Å². The second-order valence-corrected chi connectivity index (χ2v) is 4.35. The predicted octanol–water partition coefficient (Wildman–Crippen LogP) is 1.86. The first-order valence-electron chi connectivity index (χ1n) is 4.75. The Labute approximate surface area is 83.5 Å². The van der Waals surface area contributed by atoms with E-state index >= 15 is 0 Å². The topological polar surface area (TPSA) is 55.5 Å². The zero-order valence-corrected chi connectivity index (χ0v) is 8.45. The zero-order valence-electron chi connectivity index (χ0n) is 8.45. The first kappa shape index (κ1) is 9.34. The van der Waals surface area contributed by atoms with Gasteiger partial charge in [0.25, 0.3) is 0 Å². The maximum Gasteiger partial charge on any atom is 0.148 e. The molecule has 1 aliphatic heterocycles. The van der Waals surface area contributed by atoms with Crippen LogP contribution in [0, 0.1) is 0 Å². The fourth-order valence-electron chi connectivity index (χ4n) is 1.85. The summed E-state index contributed by atoms with van der Waals surface area (Å²) in [6, 6.07) is 5.47. The van der Waals surface area contributed by atoms with Crippen LogP contribution >= 0.6 is 0 Å². The third-order valence-electron chi connectivity index (χ3n) is 2.50. The van der Waals surface area contributed by atoms with E-state index in [-0.39, 0.29) is 5.60 Å². The first-order valence-corrected chi connectivity index (χ1v) is 4.75. The molecule has 0 aromatic heterocycles. The Morgan fingerprint density at radius 3 is 2.93 bits per heavy atom. The standard InChI is InChI=1S/C11H15NO2/c1-11(2)6-9(13)7-4-3-5-8(12)10(7)14-11/h3-5,9,13H,6,12H2,1-2H3. The lowest BCUT2D eigenvalue weighted by Gasteiger charge is -2.36. The summed E-state index contributed by atoms with van der Waals surface area (Å²) >= 11 is 0. The summed E-state index contributed by atoms with van der Waals surface area (Å²) in [5.74, 6) is 0.635. The van der Waals surface area contributed by atoms with E-state index in [2.05, 4.69) is 0 Å². The number of hydrogen-bond donors (Lipinski definition) is 2. The number of aliphatic hydroxyl groups is 1. The monoisotopic (exact) mass is 193 g/mol. The van der Waals surface area contributed by atoms with Crippen LogP contribution in [0.25, 0.3) is 0 Å². The number of ether oxygens (including phenoxy) is 1. The number of fused-ring (bicyclic) bond motifs is 1. The third-order valence-corrected chi connectivity index (χ3v) is 2.50. The lowest BCUT2D eigenvalue weighted by Crippen LogP contribution is -2.35. The third kappa shape index (κ3) is 1.44. The van der Waals surface area contributed by atoms with Gasteiger partial charge in [0, 0.05) is 12.0 Å². The molecule has 3 nitrogen and oxygen atoms in total. The summed E-state index contributed by atoms with van der Waals surface area (Å²) in [6.45, 7) is 3.90. The molecule has 0 bridgehead atoms. The molecule has 3 heteroatoms. The molecule has 3 N–H and O–H groups in total. The number of nitrogen functional groups attached to an aromatic ring is 1. The van der Waals surface area contributed by atoms with Gasteiger partial charge < -0.3 is 15.6 Å². The van der Waals surface area contributed by atoms with Gasteiger partial charge in [0.15, 0.2) is 0 Å². The molecule has 1 unspecified atom stereocenters. The maximum absolute atomic E-state index is 9.89. The number of aliphatic hydroxyl groups excluding tert-OH is 1. The molecule has 0 aliphatic carbocycles. The fourth-order valence-corrected chi connectivity index (χ4v) is 1.85. The van der Waals surface area contributed by atoms with Crippen molar-refractivity contribution in [2.24, 2.45) is 0 Å². The van der Waals surface area contributed by atoms with Gasteiger partial charge in [0.1, 0.15) is 11.4 Å². The summed E-state index contributed by atoms with van der Waals surface area (Å²) in [4.78, 5) is 0. The Morgan fingerprint density at radius 2 is 2.21 bits per heavy atom. The molecular weight excluding hydrogens is 178 g/mol. The number of anilines is 1. The van der Waals surface area contributed by atoms with E-state index in [1.807, 2.05) is 26.0 Å². The van der Waals surface area contributed by atoms with Gasteiger partial charge >= 0.3 is 0 Å². The molecule has 1 aromatic carbocycles. The van der Waals surface area contributed by atoms with E-state index in [9.17, 15) is 5.11 Å². The van der Waals surface area contributed by atoms with Crippen LogP contribution in [0.4, 0.5) is 5.69 Å². The Hall–Kier alpha value is -1.22. The van der Waals surface area contributed by atoms with Crippen molar-refractivity contribution in [3.8, 4) is 5.75 Å². The van der Waals surface area contributed by atoms with Crippen LogP contribution in [-0.4, -0.2) is 10.7 Å². The summed E-state index contributed by atoms with van der Waals surface area (Å²) in [6.07, 6.45) is 0.126. The van der Waals surface area contributed by atoms with Gasteiger partial charge in [-0.2, -0.15) is 0 Å². The minimum atomic E-state index is -0.475. The highest BCUT2D eigenvalue weighted by Crippen LogP contribution is 2.42. The van der Waals surface area contributed by atoms with Crippen LogP contribution in [-0.2, 0) is 0 Å². The molecule has 0 saturated heterocycles. The largest absolute Gasteiger partial charge is 0.485 e. The van der Waals surface area contributed by atoms with Crippen molar-refractivity contribution in [1.29, 1.82) is 0 Å². The molecular formula is C11H15NO2. The highest BCUT2D eigenvalue weighted by Gasteiger charge is 2.33. The van der Waals surface area contributed by atoms with E-state index in [1.165, 1.54) is 0 Å². The van der Waals surface area contributed by atoms with Gasteiger partial charge in [-0.25, -0.2) is 0 Å². The van der Waals surface area contributed by atoms with Crippen molar-refractivity contribution in [2.45, 2.75) is 32.0 Å². The lowest BCUT2D eigenvalue weighted by atomic mass is 9.91. The Morgan fingerprint density at radius 1 is 1.50 bits per heavy atom. The number of benzene rings is 1. The minimum absolute atomic E-state index is 0.345. The number of rotatable bonds is 0. The van der Waals surface area contributed by atoms with Gasteiger partial charge in [-0.05, 0) is 19.9 Å². The van der Waals surface area contributed by atoms with Crippen molar-refractivity contribution < 1.29 is 9.84 Å². The molecule has 0 radical (unpaired) electrons. The minimum Gasteiger partial charge on any atom is -0.485 e. The highest BCUT2D eigenvalue weighted by atomic mass is 16.5. The smallest absolute Gasteiger partial charge is 0.148 e. The molecule has 0 fully saturated rings. The summed E-state index contributed by atoms with van der Waals surface area (Å²) in [5, 5.41) is 9.89. The zero-order chi connectivity index (χ0) is 10.3. The van der Waals surface area contributed by atoms with Gasteiger partial charge in [-0.15, -0.1) is 0 Å². The normalized spacial score (nSPS) is 23.8. The van der Waals surface area contributed by atoms with Crippen LogP contribution in [0.15, 0.2) is 18.2 Å². The molecule has 1 heterocycles. The van der Waals surface area contributed by atoms with Crippen LogP contribution in [0.2, 0.25) is 0 Å². The number of hydrogen-bond acceptors (Lipinski definition) is 3. The van der Waals surface area contributed by atoms with Crippen LogP contribution in [0.1, 0.15) is 31.9 Å². The molecule has 0 saturated carbocycles. The molecule has 2 rings (SSSR count). The molecule has 14 heavy (non-hydrogen) atoms. The van der Waals surface area contributed by atoms with Crippen molar-refractivity contribution in [2.75, 3.05) is 5.73 Å². The van der Waals surface area contributed by atoms with Gasteiger partial charge in [0.2, 0.25) is 0 Å². The molecule has 1 aromatic rings. The molecule has 0 spiro atoms. The van der Waals surface area contributed by atoms with E-state index in [4.69, 9.17) is 10.5 Å². The quantitative estimate of drug-likeness (QED) is 0.618. The SMILES string of the molecule is CC1(C)CC(O)c2cccc(N)c2O1. The van der Waals surface area contributed by atoms with Crippen LogP contribution in [0.3, 0.4) is 0 Å². The Kier molecular flexibility index (Phi) is 1.93. The van der Waals surface area contributed by atoms with Crippen LogP contribution in [0.5, 0.6) is 5.75 Å². The van der Waals surface area contributed by atoms with E-state index in [1.54, 1.807) is 6.07 Å². The second-order valence-electron chi connectivity index (χ2n) is 4.35. The second kappa shape index (κ2) is 2.89. The summed E-state index contributed by atoms with van der Waals surface area (Å²) in [5.41, 5.74) is 6.83. The highest BCUT2D eigenvalue weighted by molar-refractivity contribution is 5.58. The number of nitrogens with two attached hydrogens (primary N) is 1. The Bertz CT molecular complexity index is 360. The first-order chi connectivity index (χ1) is 6.49. The lowest BCUT2D eigenvalue weighted by molar-refractivity contribution is 0.0122. The average Bonchev–Trinajstić information content (AvgIpc) is 2.05. The van der Waals surface area contributed by atoms with Gasteiger partial charge in [0.05, 0.1) is 11.8 Å². The number of para-hydroxylation sites is 1. The van der Waals surface area contributed by atoms with Crippen molar-refractivity contribution in [3.05, 3.63) is 23.8 Å². The van der Waals surface area contributed by atoms with Crippen molar-refractivity contribution in [3.63, 3.8) is 0 Å². The van der Waals surface area contributed by atoms with Gasteiger partial charge in [-0.3, -0.25) is 0 Å². The molecule has 1 atom stereocenters. The fraction of sp³-hybridized carbons (Fsp3) is 0.455. The van der Waals surface area contributed by atoms with Crippen LogP contribution < -0.4 is 10.5 Å². The molecule has 1 aliphatic rings. The maximum atomic E-state index is 9.89.